The van der Waals surface area contributed by atoms with Crippen LogP contribution >= 0.6 is 0 Å². The highest BCUT2D eigenvalue weighted by Gasteiger charge is 2.20. The highest BCUT2D eigenvalue weighted by molar-refractivity contribution is 5.77. The normalized spacial score (nSPS) is 12.7. The molecule has 9 nitrogen and oxygen atoms in total. The summed E-state index contributed by atoms with van der Waals surface area (Å²) in [6.45, 7) is 2.57. The smallest absolute Gasteiger partial charge is 0.208 e. The van der Waals surface area contributed by atoms with Crippen molar-refractivity contribution in [3.8, 4) is 22.9 Å². The molecule has 0 fully saturated rings. The van der Waals surface area contributed by atoms with Gasteiger partial charge in [0.2, 0.25) is 5.95 Å². The fourth-order valence-electron chi connectivity index (χ4n) is 4.21. The van der Waals surface area contributed by atoms with Gasteiger partial charge < -0.3 is 15.0 Å². The van der Waals surface area contributed by atoms with Gasteiger partial charge in [-0.25, -0.2) is 14.4 Å². The lowest BCUT2D eigenvalue weighted by molar-refractivity contribution is 0.356. The highest BCUT2D eigenvalue weighted by atomic mass is 19.1. The van der Waals surface area contributed by atoms with Crippen molar-refractivity contribution < 1.29 is 9.13 Å². The lowest BCUT2D eigenvalue weighted by Crippen LogP contribution is -2.15. The highest BCUT2D eigenvalue weighted by Crippen LogP contribution is 2.31. The summed E-state index contributed by atoms with van der Waals surface area (Å²) in [6, 6.07) is 5.19. The summed E-state index contributed by atoms with van der Waals surface area (Å²) in [5, 5.41) is 17.1. The average Bonchev–Trinajstić information content (AvgIpc) is 3.57. The molecule has 1 aromatic carbocycles. The Morgan fingerprint density at radius 3 is 2.97 bits per heavy atom. The summed E-state index contributed by atoms with van der Waals surface area (Å²) in [5.74, 6) is 0.917. The van der Waals surface area contributed by atoms with Gasteiger partial charge in [0.1, 0.15) is 17.6 Å². The largest absolute Gasteiger partial charge is 0.493 e. The van der Waals surface area contributed by atoms with Crippen LogP contribution in [0.25, 0.3) is 16.8 Å². The lowest BCUT2D eigenvalue weighted by Gasteiger charge is -2.12. The molecule has 1 N–H and O–H groups in total. The number of aryl methyl sites for hydroxylation is 1. The second-order valence-corrected chi connectivity index (χ2v) is 8.53. The van der Waals surface area contributed by atoms with Crippen LogP contribution in [0.15, 0.2) is 36.9 Å². The van der Waals surface area contributed by atoms with Gasteiger partial charge in [0.25, 0.3) is 0 Å². The first-order valence-electron chi connectivity index (χ1n) is 11.2. The van der Waals surface area contributed by atoms with Crippen molar-refractivity contribution in [2.24, 2.45) is 0 Å². The molecule has 10 heteroatoms. The van der Waals surface area contributed by atoms with Crippen LogP contribution in [0, 0.1) is 17.1 Å². The molecule has 0 saturated carbocycles. The SMILES string of the molecule is CN(C)CCCn1cc(-c2cnc(NCc3c(F)ccc4c3CCO4)n3cc(C#N)nc23)cn1. The fraction of sp³-hybridized carbons (Fsp3) is 0.333. The zero-order valence-electron chi connectivity index (χ0n) is 19.1. The molecule has 0 atom stereocenters. The van der Waals surface area contributed by atoms with Crippen LogP contribution in [0.2, 0.25) is 0 Å². The number of fused-ring (bicyclic) bond motifs is 2. The number of hydrogen-bond donors (Lipinski definition) is 1. The van der Waals surface area contributed by atoms with Crippen molar-refractivity contribution in [1.29, 1.82) is 5.26 Å². The molecule has 4 heterocycles. The van der Waals surface area contributed by atoms with Crippen molar-refractivity contribution in [2.75, 3.05) is 32.6 Å². The van der Waals surface area contributed by atoms with E-state index in [0.29, 0.717) is 30.2 Å². The molecular weight excluding hydrogens is 435 g/mol. The van der Waals surface area contributed by atoms with E-state index < -0.39 is 0 Å². The van der Waals surface area contributed by atoms with Crippen LogP contribution in [0.4, 0.5) is 10.3 Å². The van der Waals surface area contributed by atoms with Crippen LogP contribution < -0.4 is 10.1 Å². The van der Waals surface area contributed by atoms with E-state index in [9.17, 15) is 9.65 Å². The van der Waals surface area contributed by atoms with E-state index in [1.807, 2.05) is 25.0 Å². The second-order valence-electron chi connectivity index (χ2n) is 8.53. The van der Waals surface area contributed by atoms with E-state index in [-0.39, 0.29) is 18.1 Å². The second kappa shape index (κ2) is 9.11. The monoisotopic (exact) mass is 460 g/mol. The zero-order valence-corrected chi connectivity index (χ0v) is 19.1. The van der Waals surface area contributed by atoms with Gasteiger partial charge in [-0.15, -0.1) is 0 Å². The molecule has 0 saturated heterocycles. The Bertz CT molecular complexity index is 1380. The number of halogens is 1. The molecule has 3 aromatic heterocycles. The van der Waals surface area contributed by atoms with Crippen molar-refractivity contribution in [3.63, 3.8) is 0 Å². The molecule has 1 aliphatic heterocycles. The van der Waals surface area contributed by atoms with Gasteiger partial charge in [0.05, 0.1) is 19.0 Å². The van der Waals surface area contributed by atoms with Gasteiger partial charge in [-0.05, 0) is 39.2 Å². The zero-order chi connectivity index (χ0) is 23.7. The summed E-state index contributed by atoms with van der Waals surface area (Å²) >= 11 is 0. The van der Waals surface area contributed by atoms with Crippen LogP contribution in [-0.2, 0) is 19.5 Å². The Hall–Kier alpha value is -3.97. The molecule has 4 aromatic rings. The topological polar surface area (TPSA) is 96.3 Å². The quantitative estimate of drug-likeness (QED) is 0.432. The number of hydrogen-bond acceptors (Lipinski definition) is 7. The summed E-state index contributed by atoms with van der Waals surface area (Å²) in [4.78, 5) is 11.2. The number of aromatic nitrogens is 5. The Kier molecular flexibility index (Phi) is 5.86. The molecule has 5 rings (SSSR count). The van der Waals surface area contributed by atoms with Gasteiger partial charge in [-0.2, -0.15) is 10.4 Å². The summed E-state index contributed by atoms with van der Waals surface area (Å²) < 4.78 is 23.7. The Labute approximate surface area is 196 Å². The first kappa shape index (κ1) is 21.9. The summed E-state index contributed by atoms with van der Waals surface area (Å²) in [5.41, 5.74) is 3.94. The summed E-state index contributed by atoms with van der Waals surface area (Å²) in [6.07, 6.45) is 8.74. The van der Waals surface area contributed by atoms with E-state index >= 15 is 0 Å². The van der Waals surface area contributed by atoms with E-state index in [0.717, 1.165) is 42.0 Å². The van der Waals surface area contributed by atoms with Crippen molar-refractivity contribution >= 4 is 11.6 Å². The number of nitrogens with one attached hydrogen (secondary N) is 1. The molecule has 0 unspecified atom stereocenters. The van der Waals surface area contributed by atoms with E-state index in [4.69, 9.17) is 4.74 Å². The van der Waals surface area contributed by atoms with Gasteiger partial charge >= 0.3 is 0 Å². The third-order valence-corrected chi connectivity index (χ3v) is 5.91. The molecule has 0 aliphatic carbocycles. The van der Waals surface area contributed by atoms with Crippen LogP contribution in [0.1, 0.15) is 23.2 Å². The minimum atomic E-state index is -0.283. The number of imidazole rings is 1. The molecular formula is C24H25FN8O. The van der Waals surface area contributed by atoms with Crippen LogP contribution in [0.5, 0.6) is 5.75 Å². The molecule has 0 radical (unpaired) electrons. The molecule has 0 amide bonds. The maximum Gasteiger partial charge on any atom is 0.208 e. The standard InChI is InChI=1S/C24H25FN8O/c1-31(2)7-3-8-32-14-16(11-29-32)19-12-27-24(33-15-17(10-26)30-23(19)33)28-13-20-18-6-9-34-22(18)5-4-21(20)25/h4-5,11-12,14-15H,3,6-9,13H2,1-2H3,(H,27,28). The summed E-state index contributed by atoms with van der Waals surface area (Å²) in [7, 11) is 4.09. The molecule has 0 spiro atoms. The van der Waals surface area contributed by atoms with E-state index in [1.165, 1.54) is 6.07 Å². The number of anilines is 1. The number of rotatable bonds is 8. The average molecular weight is 461 g/mol. The maximum atomic E-state index is 14.6. The van der Waals surface area contributed by atoms with Crippen LogP contribution in [0.3, 0.4) is 0 Å². The van der Waals surface area contributed by atoms with E-state index in [2.05, 4.69) is 31.4 Å². The maximum absolute atomic E-state index is 14.6. The van der Waals surface area contributed by atoms with Crippen molar-refractivity contribution in [1.82, 2.24) is 29.0 Å². The molecule has 174 valence electrons. The Balaban J connectivity index is 1.43. The van der Waals surface area contributed by atoms with Crippen LogP contribution in [-0.4, -0.2) is 56.3 Å². The molecule has 34 heavy (non-hydrogen) atoms. The number of benzene rings is 1. The Morgan fingerprint density at radius 1 is 1.26 bits per heavy atom. The third kappa shape index (κ3) is 4.18. The third-order valence-electron chi connectivity index (χ3n) is 5.91. The predicted molar refractivity (Wildman–Crippen MR) is 125 cm³/mol. The van der Waals surface area contributed by atoms with Gasteiger partial charge in [-0.1, -0.05) is 0 Å². The first-order valence-corrected chi connectivity index (χ1v) is 11.2. The fourth-order valence-corrected chi connectivity index (χ4v) is 4.21. The van der Waals surface area contributed by atoms with Crippen molar-refractivity contribution in [2.45, 2.75) is 25.9 Å². The first-order chi connectivity index (χ1) is 16.5. The van der Waals surface area contributed by atoms with E-state index in [1.54, 1.807) is 29.1 Å². The predicted octanol–water partition coefficient (Wildman–Crippen LogP) is 3.10. The Morgan fingerprint density at radius 2 is 2.15 bits per heavy atom. The lowest BCUT2D eigenvalue weighted by atomic mass is 10.0. The van der Waals surface area contributed by atoms with Gasteiger partial charge in [-0.3, -0.25) is 9.08 Å². The van der Waals surface area contributed by atoms with Gasteiger partial charge in [0.15, 0.2) is 11.3 Å². The number of nitriles is 1. The van der Waals surface area contributed by atoms with Crippen molar-refractivity contribution in [3.05, 3.63) is 59.6 Å². The minimum Gasteiger partial charge on any atom is -0.493 e. The molecule has 0 bridgehead atoms. The number of ether oxygens (including phenoxy) is 1. The minimum absolute atomic E-state index is 0.240. The number of nitrogens with zero attached hydrogens (tertiary/aromatic N) is 7. The van der Waals surface area contributed by atoms with Gasteiger partial charge in [0, 0.05) is 54.2 Å². The molecule has 1 aliphatic rings.